The van der Waals surface area contributed by atoms with Crippen LogP contribution >= 0.6 is 0 Å². The van der Waals surface area contributed by atoms with E-state index in [0.717, 1.165) is 23.5 Å². The van der Waals surface area contributed by atoms with E-state index in [1.54, 1.807) is 4.52 Å². The molecule has 2 heterocycles. The second-order valence-corrected chi connectivity index (χ2v) is 3.39. The summed E-state index contributed by atoms with van der Waals surface area (Å²) in [7, 11) is 0. The van der Waals surface area contributed by atoms with Crippen LogP contribution in [0.5, 0.6) is 5.88 Å². The number of fused-ring (bicyclic) bond motifs is 1. The molecule has 0 amide bonds. The maximum absolute atomic E-state index is 5.58. The van der Waals surface area contributed by atoms with Crippen LogP contribution in [0, 0.1) is 6.92 Å². The highest BCUT2D eigenvalue weighted by Crippen LogP contribution is 2.15. The molecule has 0 aliphatic heterocycles. The highest BCUT2D eigenvalue weighted by molar-refractivity contribution is 5.43. The molecule has 0 unspecified atom stereocenters. The molecule has 2 rings (SSSR count). The van der Waals surface area contributed by atoms with Crippen molar-refractivity contribution in [1.29, 1.82) is 0 Å². The van der Waals surface area contributed by atoms with Gasteiger partial charge in [0, 0.05) is 6.07 Å². The zero-order valence-corrected chi connectivity index (χ0v) is 8.68. The Morgan fingerprint density at radius 3 is 3.13 bits per heavy atom. The molecule has 0 aliphatic carbocycles. The van der Waals surface area contributed by atoms with Crippen molar-refractivity contribution in [1.82, 2.24) is 14.6 Å². The maximum Gasteiger partial charge on any atom is 0.216 e. The molecule has 0 atom stereocenters. The molecule has 80 valence electrons. The lowest BCUT2D eigenvalue weighted by Crippen LogP contribution is -2.08. The van der Waals surface area contributed by atoms with E-state index in [1.807, 2.05) is 19.1 Å². The average Bonchev–Trinajstić information content (AvgIpc) is 2.65. The summed E-state index contributed by atoms with van der Waals surface area (Å²) in [6.07, 6.45) is 2.36. The van der Waals surface area contributed by atoms with Crippen LogP contribution in [0.25, 0.3) is 5.65 Å². The predicted molar refractivity (Wildman–Crippen MR) is 56.9 cm³/mol. The van der Waals surface area contributed by atoms with Crippen LogP contribution in [-0.2, 0) is 0 Å². The molecule has 0 saturated carbocycles. The van der Waals surface area contributed by atoms with Crippen molar-refractivity contribution in [2.75, 3.05) is 13.2 Å². The Labute approximate surface area is 87.9 Å². The molecule has 2 N–H and O–H groups in total. The summed E-state index contributed by atoms with van der Waals surface area (Å²) in [4.78, 5) is 4.12. The third-order valence-electron chi connectivity index (χ3n) is 2.09. The molecule has 0 aliphatic rings. The molecule has 15 heavy (non-hydrogen) atoms. The van der Waals surface area contributed by atoms with Crippen molar-refractivity contribution in [3.63, 3.8) is 0 Å². The minimum atomic E-state index is 0.606. The third-order valence-corrected chi connectivity index (χ3v) is 2.09. The second kappa shape index (κ2) is 4.27. The van der Waals surface area contributed by atoms with E-state index >= 15 is 0 Å². The SMILES string of the molecule is Cc1cc(OCCCN)n2ncnc2c1. The Kier molecular flexibility index (Phi) is 2.82. The normalized spacial score (nSPS) is 10.8. The quantitative estimate of drug-likeness (QED) is 0.750. The molecule has 0 radical (unpaired) electrons. The first-order chi connectivity index (χ1) is 7.31. The lowest BCUT2D eigenvalue weighted by Gasteiger charge is -2.07. The van der Waals surface area contributed by atoms with Crippen molar-refractivity contribution in [2.24, 2.45) is 5.73 Å². The summed E-state index contributed by atoms with van der Waals surface area (Å²) in [5, 5.41) is 4.09. The number of pyridine rings is 1. The van der Waals surface area contributed by atoms with Crippen LogP contribution in [0.2, 0.25) is 0 Å². The second-order valence-electron chi connectivity index (χ2n) is 3.39. The van der Waals surface area contributed by atoms with Gasteiger partial charge in [0.25, 0.3) is 0 Å². The molecule has 0 spiro atoms. The molecule has 5 heteroatoms. The number of nitrogens with zero attached hydrogens (tertiary/aromatic N) is 3. The molecule has 5 nitrogen and oxygen atoms in total. The number of hydrogen-bond acceptors (Lipinski definition) is 4. The molecular weight excluding hydrogens is 192 g/mol. The van der Waals surface area contributed by atoms with Crippen LogP contribution in [0.1, 0.15) is 12.0 Å². The van der Waals surface area contributed by atoms with Gasteiger partial charge in [-0.1, -0.05) is 0 Å². The maximum atomic E-state index is 5.58. The topological polar surface area (TPSA) is 65.4 Å². The largest absolute Gasteiger partial charge is 0.478 e. The zero-order valence-electron chi connectivity index (χ0n) is 8.68. The molecule has 2 aromatic rings. The fourth-order valence-corrected chi connectivity index (χ4v) is 1.38. The van der Waals surface area contributed by atoms with E-state index < -0.39 is 0 Å². The Bertz CT molecular complexity index is 452. The molecular formula is C10H14N4O. The number of aryl methyl sites for hydroxylation is 1. The first-order valence-electron chi connectivity index (χ1n) is 4.94. The van der Waals surface area contributed by atoms with E-state index in [0.29, 0.717) is 13.2 Å². The van der Waals surface area contributed by atoms with Crippen LogP contribution in [0.15, 0.2) is 18.5 Å². The van der Waals surface area contributed by atoms with Crippen molar-refractivity contribution in [3.8, 4) is 5.88 Å². The molecule has 2 aromatic heterocycles. The Morgan fingerprint density at radius 1 is 1.47 bits per heavy atom. The summed E-state index contributed by atoms with van der Waals surface area (Å²) in [5.74, 6) is 0.718. The first kappa shape index (κ1) is 9.92. The van der Waals surface area contributed by atoms with Gasteiger partial charge in [0.1, 0.15) is 6.33 Å². The molecule has 0 bridgehead atoms. The third kappa shape index (κ3) is 2.07. The number of hydrogen-bond donors (Lipinski definition) is 1. The lowest BCUT2D eigenvalue weighted by atomic mass is 10.3. The van der Waals surface area contributed by atoms with Gasteiger partial charge in [-0.15, -0.1) is 0 Å². The summed E-state index contributed by atoms with van der Waals surface area (Å²) in [6, 6.07) is 3.90. The highest BCUT2D eigenvalue weighted by atomic mass is 16.5. The van der Waals surface area contributed by atoms with E-state index in [1.165, 1.54) is 6.33 Å². The number of ether oxygens (including phenoxy) is 1. The first-order valence-corrected chi connectivity index (χ1v) is 4.94. The molecule has 0 aromatic carbocycles. The minimum Gasteiger partial charge on any atom is -0.478 e. The monoisotopic (exact) mass is 206 g/mol. The van der Waals surface area contributed by atoms with Gasteiger partial charge in [-0.05, 0) is 31.5 Å². The van der Waals surface area contributed by atoms with Crippen molar-refractivity contribution >= 4 is 5.65 Å². The van der Waals surface area contributed by atoms with Gasteiger partial charge in [-0.2, -0.15) is 9.61 Å². The van der Waals surface area contributed by atoms with Crippen molar-refractivity contribution in [2.45, 2.75) is 13.3 Å². The lowest BCUT2D eigenvalue weighted by molar-refractivity contribution is 0.293. The summed E-state index contributed by atoms with van der Waals surface area (Å²) in [6.45, 7) is 3.24. The van der Waals surface area contributed by atoms with Gasteiger partial charge < -0.3 is 10.5 Å². The fraction of sp³-hybridized carbons (Fsp3) is 0.400. The van der Waals surface area contributed by atoms with Crippen LogP contribution < -0.4 is 10.5 Å². The van der Waals surface area contributed by atoms with Crippen LogP contribution in [0.3, 0.4) is 0 Å². The average molecular weight is 206 g/mol. The van der Waals surface area contributed by atoms with Crippen molar-refractivity contribution in [3.05, 3.63) is 24.0 Å². The van der Waals surface area contributed by atoms with Gasteiger partial charge in [0.05, 0.1) is 6.61 Å². The van der Waals surface area contributed by atoms with E-state index in [9.17, 15) is 0 Å². The number of aromatic nitrogens is 3. The van der Waals surface area contributed by atoms with Gasteiger partial charge in [-0.25, -0.2) is 4.98 Å². The highest BCUT2D eigenvalue weighted by Gasteiger charge is 2.04. The standard InChI is InChI=1S/C10H14N4O/c1-8-5-9-12-7-13-14(9)10(6-8)15-4-2-3-11/h5-7H,2-4,11H2,1H3. The van der Waals surface area contributed by atoms with Crippen molar-refractivity contribution < 1.29 is 4.74 Å². The smallest absolute Gasteiger partial charge is 0.216 e. The summed E-state index contributed by atoms with van der Waals surface area (Å²) in [5.41, 5.74) is 7.31. The number of rotatable bonds is 4. The molecule has 0 saturated heterocycles. The summed E-state index contributed by atoms with van der Waals surface area (Å²) < 4.78 is 7.26. The van der Waals surface area contributed by atoms with Gasteiger partial charge in [0.2, 0.25) is 5.88 Å². The van der Waals surface area contributed by atoms with E-state index in [2.05, 4.69) is 10.1 Å². The predicted octanol–water partition coefficient (Wildman–Crippen LogP) is 0.765. The fourth-order valence-electron chi connectivity index (χ4n) is 1.38. The summed E-state index contributed by atoms with van der Waals surface area (Å²) >= 11 is 0. The minimum absolute atomic E-state index is 0.606. The molecule has 0 fully saturated rings. The Morgan fingerprint density at radius 2 is 2.33 bits per heavy atom. The van der Waals surface area contributed by atoms with Gasteiger partial charge in [-0.3, -0.25) is 0 Å². The van der Waals surface area contributed by atoms with Gasteiger partial charge >= 0.3 is 0 Å². The van der Waals surface area contributed by atoms with Gasteiger partial charge in [0.15, 0.2) is 5.65 Å². The van der Waals surface area contributed by atoms with E-state index in [-0.39, 0.29) is 0 Å². The van der Waals surface area contributed by atoms with E-state index in [4.69, 9.17) is 10.5 Å². The van der Waals surface area contributed by atoms with Crippen LogP contribution in [0.4, 0.5) is 0 Å². The number of nitrogens with two attached hydrogens (primary N) is 1. The Balaban J connectivity index is 2.27. The Hall–Kier alpha value is -1.62. The van der Waals surface area contributed by atoms with Crippen LogP contribution in [-0.4, -0.2) is 27.7 Å². The zero-order chi connectivity index (χ0) is 10.7.